The molecule has 0 radical (unpaired) electrons. The summed E-state index contributed by atoms with van der Waals surface area (Å²) in [5.41, 5.74) is 2.82. The molecule has 0 aliphatic carbocycles. The van der Waals surface area contributed by atoms with Gasteiger partial charge in [0.1, 0.15) is 0 Å². The second-order valence-corrected chi connectivity index (χ2v) is 5.44. The van der Waals surface area contributed by atoms with Crippen LogP contribution in [0.25, 0.3) is 11.1 Å². The van der Waals surface area contributed by atoms with Crippen molar-refractivity contribution < 1.29 is 14.3 Å². The maximum absolute atomic E-state index is 12.1. The topological polar surface area (TPSA) is 43.4 Å². The summed E-state index contributed by atoms with van der Waals surface area (Å²) in [7, 11) is 0. The van der Waals surface area contributed by atoms with Crippen molar-refractivity contribution in [1.29, 1.82) is 0 Å². The minimum atomic E-state index is -0.298. The fourth-order valence-electron chi connectivity index (χ4n) is 2.24. The van der Waals surface area contributed by atoms with Crippen LogP contribution in [-0.2, 0) is 9.53 Å². The van der Waals surface area contributed by atoms with Crippen molar-refractivity contribution >= 4 is 11.8 Å². The Bertz CT molecular complexity index is 630. The van der Waals surface area contributed by atoms with Crippen molar-refractivity contribution in [2.75, 3.05) is 6.61 Å². The molecule has 0 aliphatic rings. The molecule has 0 N–H and O–H groups in total. The zero-order valence-electron chi connectivity index (χ0n) is 13.5. The van der Waals surface area contributed by atoms with E-state index in [1.54, 1.807) is 0 Å². The summed E-state index contributed by atoms with van der Waals surface area (Å²) in [6, 6.07) is 17.5. The molecule has 0 aromatic heterocycles. The Hall–Kier alpha value is -2.42. The zero-order valence-corrected chi connectivity index (χ0v) is 13.5. The first kappa shape index (κ1) is 16.9. The molecule has 2 aromatic rings. The van der Waals surface area contributed by atoms with Gasteiger partial charge in [0.2, 0.25) is 0 Å². The number of benzene rings is 2. The van der Waals surface area contributed by atoms with E-state index in [0.29, 0.717) is 12.2 Å². The molecule has 2 rings (SSSR count). The Morgan fingerprint density at radius 3 is 2.17 bits per heavy atom. The van der Waals surface area contributed by atoms with Gasteiger partial charge in [-0.05, 0) is 17.5 Å². The number of ether oxygens (including phenoxy) is 1. The highest BCUT2D eigenvalue weighted by Crippen LogP contribution is 2.19. The molecule has 3 nitrogen and oxygen atoms in total. The van der Waals surface area contributed by atoms with Gasteiger partial charge in [-0.1, -0.05) is 67.9 Å². The lowest BCUT2D eigenvalue weighted by molar-refractivity contribution is -0.143. The molecule has 0 saturated carbocycles. The SMILES string of the molecule is CCCCOC(=O)CCC(=O)c1ccc(-c2ccccc2)cc1. The van der Waals surface area contributed by atoms with Gasteiger partial charge < -0.3 is 4.74 Å². The number of Topliss-reactive ketones (excluding diaryl/α,β-unsaturated/α-hetero) is 1. The van der Waals surface area contributed by atoms with E-state index in [-0.39, 0.29) is 24.6 Å². The van der Waals surface area contributed by atoms with E-state index >= 15 is 0 Å². The molecule has 0 aliphatic heterocycles. The number of rotatable bonds is 8. The van der Waals surface area contributed by atoms with E-state index in [0.717, 1.165) is 24.0 Å². The summed E-state index contributed by atoms with van der Waals surface area (Å²) in [5, 5.41) is 0. The predicted molar refractivity (Wildman–Crippen MR) is 91.3 cm³/mol. The number of carbonyl (C=O) groups is 2. The number of unbranched alkanes of at least 4 members (excludes halogenated alkanes) is 1. The minimum absolute atomic E-state index is 0.0305. The first-order chi connectivity index (χ1) is 11.2. The summed E-state index contributed by atoms with van der Waals surface area (Å²) in [4.78, 5) is 23.6. The van der Waals surface area contributed by atoms with Crippen LogP contribution in [0.1, 0.15) is 43.0 Å². The Morgan fingerprint density at radius 2 is 1.52 bits per heavy atom. The molecule has 0 bridgehead atoms. The lowest BCUT2D eigenvalue weighted by Gasteiger charge is -2.05. The predicted octanol–water partition coefficient (Wildman–Crippen LogP) is 4.66. The van der Waals surface area contributed by atoms with Gasteiger partial charge in [0.25, 0.3) is 0 Å². The summed E-state index contributed by atoms with van der Waals surface area (Å²) >= 11 is 0. The van der Waals surface area contributed by atoms with E-state index in [4.69, 9.17) is 4.74 Å². The van der Waals surface area contributed by atoms with Crippen LogP contribution >= 0.6 is 0 Å². The standard InChI is InChI=1S/C20H22O3/c1-2-3-15-23-20(22)14-13-19(21)18-11-9-17(10-12-18)16-7-5-4-6-8-16/h4-12H,2-3,13-15H2,1H3. The lowest BCUT2D eigenvalue weighted by atomic mass is 10.0. The first-order valence-corrected chi connectivity index (χ1v) is 8.05. The average molecular weight is 310 g/mol. The van der Waals surface area contributed by atoms with E-state index in [1.165, 1.54) is 0 Å². The van der Waals surface area contributed by atoms with Crippen LogP contribution in [0.3, 0.4) is 0 Å². The quantitative estimate of drug-likeness (QED) is 0.404. The molecule has 0 amide bonds. The van der Waals surface area contributed by atoms with Crippen molar-refractivity contribution in [3.05, 3.63) is 60.2 Å². The van der Waals surface area contributed by atoms with Crippen molar-refractivity contribution in [1.82, 2.24) is 0 Å². The van der Waals surface area contributed by atoms with Crippen LogP contribution < -0.4 is 0 Å². The normalized spacial score (nSPS) is 10.3. The number of ketones is 1. The first-order valence-electron chi connectivity index (χ1n) is 8.05. The van der Waals surface area contributed by atoms with E-state index in [2.05, 4.69) is 0 Å². The molecule has 0 spiro atoms. The number of carbonyl (C=O) groups excluding carboxylic acids is 2. The molecule has 2 aromatic carbocycles. The van der Waals surface area contributed by atoms with Gasteiger partial charge in [-0.2, -0.15) is 0 Å². The van der Waals surface area contributed by atoms with Crippen LogP contribution in [0.5, 0.6) is 0 Å². The molecular weight excluding hydrogens is 288 g/mol. The molecule has 0 atom stereocenters. The molecule has 23 heavy (non-hydrogen) atoms. The van der Waals surface area contributed by atoms with Crippen LogP contribution in [0, 0.1) is 0 Å². The van der Waals surface area contributed by atoms with Crippen molar-refractivity contribution in [2.24, 2.45) is 0 Å². The van der Waals surface area contributed by atoms with E-state index in [9.17, 15) is 9.59 Å². The fourth-order valence-corrected chi connectivity index (χ4v) is 2.24. The van der Waals surface area contributed by atoms with Crippen LogP contribution in [0.2, 0.25) is 0 Å². The molecule has 0 heterocycles. The molecule has 3 heteroatoms. The molecule has 0 fully saturated rings. The highest BCUT2D eigenvalue weighted by Gasteiger charge is 2.10. The highest BCUT2D eigenvalue weighted by molar-refractivity contribution is 5.97. The van der Waals surface area contributed by atoms with Gasteiger partial charge in [-0.3, -0.25) is 9.59 Å². The Balaban J connectivity index is 1.87. The van der Waals surface area contributed by atoms with Crippen LogP contribution in [-0.4, -0.2) is 18.4 Å². The Labute approximate surface area is 137 Å². The zero-order chi connectivity index (χ0) is 16.5. The second-order valence-electron chi connectivity index (χ2n) is 5.44. The average Bonchev–Trinajstić information content (AvgIpc) is 2.61. The lowest BCUT2D eigenvalue weighted by Crippen LogP contribution is -2.09. The number of hydrogen-bond acceptors (Lipinski definition) is 3. The van der Waals surface area contributed by atoms with Crippen molar-refractivity contribution in [2.45, 2.75) is 32.6 Å². The Kier molecular flexibility index (Phi) is 6.55. The summed E-state index contributed by atoms with van der Waals surface area (Å²) in [5.74, 6) is -0.329. The van der Waals surface area contributed by atoms with E-state index < -0.39 is 0 Å². The van der Waals surface area contributed by atoms with Crippen LogP contribution in [0.4, 0.5) is 0 Å². The maximum Gasteiger partial charge on any atom is 0.306 e. The molecule has 0 unspecified atom stereocenters. The van der Waals surface area contributed by atoms with Gasteiger partial charge >= 0.3 is 5.97 Å². The summed E-state index contributed by atoms with van der Waals surface area (Å²) in [6.45, 7) is 2.48. The molecule has 120 valence electrons. The number of hydrogen-bond donors (Lipinski definition) is 0. The van der Waals surface area contributed by atoms with Crippen molar-refractivity contribution in [3.63, 3.8) is 0 Å². The van der Waals surface area contributed by atoms with Gasteiger partial charge in [-0.15, -0.1) is 0 Å². The minimum Gasteiger partial charge on any atom is -0.466 e. The highest BCUT2D eigenvalue weighted by atomic mass is 16.5. The largest absolute Gasteiger partial charge is 0.466 e. The third-order valence-corrected chi connectivity index (χ3v) is 3.63. The summed E-state index contributed by atoms with van der Waals surface area (Å²) < 4.78 is 5.05. The van der Waals surface area contributed by atoms with Crippen LogP contribution in [0.15, 0.2) is 54.6 Å². The summed E-state index contributed by atoms with van der Waals surface area (Å²) in [6.07, 6.45) is 2.18. The monoisotopic (exact) mass is 310 g/mol. The molecular formula is C20H22O3. The third-order valence-electron chi connectivity index (χ3n) is 3.63. The molecule has 0 saturated heterocycles. The van der Waals surface area contributed by atoms with Gasteiger partial charge in [0, 0.05) is 12.0 Å². The smallest absolute Gasteiger partial charge is 0.306 e. The Morgan fingerprint density at radius 1 is 0.870 bits per heavy atom. The van der Waals surface area contributed by atoms with Gasteiger partial charge in [0.15, 0.2) is 5.78 Å². The van der Waals surface area contributed by atoms with Crippen molar-refractivity contribution in [3.8, 4) is 11.1 Å². The van der Waals surface area contributed by atoms with Gasteiger partial charge in [0.05, 0.1) is 13.0 Å². The third kappa shape index (κ3) is 5.37. The van der Waals surface area contributed by atoms with E-state index in [1.807, 2.05) is 61.5 Å². The number of esters is 1. The van der Waals surface area contributed by atoms with Gasteiger partial charge in [-0.25, -0.2) is 0 Å². The maximum atomic E-state index is 12.1. The second kappa shape index (κ2) is 8.89. The fraction of sp³-hybridized carbons (Fsp3) is 0.300.